The third-order valence-corrected chi connectivity index (χ3v) is 4.62. The first-order valence-electron chi connectivity index (χ1n) is 8.64. The average Bonchev–Trinajstić information content (AvgIpc) is 3.30. The van der Waals surface area contributed by atoms with Crippen molar-refractivity contribution in [1.82, 2.24) is 25.0 Å². The van der Waals surface area contributed by atoms with Gasteiger partial charge in [-0.2, -0.15) is 4.98 Å². The Morgan fingerprint density at radius 3 is 2.96 bits per heavy atom. The van der Waals surface area contributed by atoms with Crippen LogP contribution in [0.2, 0.25) is 0 Å². The maximum atomic E-state index is 13.0. The number of benzene rings is 1. The zero-order chi connectivity index (χ0) is 17.6. The molecule has 1 saturated heterocycles. The molecule has 1 fully saturated rings. The van der Waals surface area contributed by atoms with Crippen LogP contribution in [0.3, 0.4) is 0 Å². The highest BCUT2D eigenvalue weighted by molar-refractivity contribution is 5.97. The van der Waals surface area contributed by atoms with E-state index >= 15 is 0 Å². The number of nitrogens with zero attached hydrogens (tertiary/aromatic N) is 4. The summed E-state index contributed by atoms with van der Waals surface area (Å²) < 4.78 is 5.43. The van der Waals surface area contributed by atoms with Gasteiger partial charge in [0, 0.05) is 18.0 Å². The van der Waals surface area contributed by atoms with Crippen LogP contribution in [0.1, 0.15) is 66.5 Å². The lowest BCUT2D eigenvalue weighted by molar-refractivity contribution is 0.0710. The van der Waals surface area contributed by atoms with Crippen LogP contribution in [-0.4, -0.2) is 37.5 Å². The minimum Gasteiger partial charge on any atom is -0.342 e. The van der Waals surface area contributed by atoms with Crippen LogP contribution < -0.4 is 0 Å². The molecule has 7 nitrogen and oxygen atoms in total. The van der Waals surface area contributed by atoms with Crippen molar-refractivity contribution in [3.8, 4) is 0 Å². The second kappa shape index (κ2) is 5.98. The summed E-state index contributed by atoms with van der Waals surface area (Å²) in [6.45, 7) is 6.64. The van der Waals surface area contributed by atoms with E-state index in [4.69, 9.17) is 4.52 Å². The maximum absolute atomic E-state index is 13.0. The van der Waals surface area contributed by atoms with E-state index in [-0.39, 0.29) is 17.9 Å². The van der Waals surface area contributed by atoms with Crippen LogP contribution in [0.15, 0.2) is 22.7 Å². The number of carbonyl (C=O) groups excluding carboxylic acids is 1. The Morgan fingerprint density at radius 2 is 2.20 bits per heavy atom. The van der Waals surface area contributed by atoms with Crippen molar-refractivity contribution in [3.05, 3.63) is 41.3 Å². The second-order valence-electron chi connectivity index (χ2n) is 6.86. The molecule has 1 unspecified atom stereocenters. The predicted octanol–water partition coefficient (Wildman–Crippen LogP) is 3.36. The van der Waals surface area contributed by atoms with Crippen molar-refractivity contribution in [1.29, 1.82) is 0 Å². The van der Waals surface area contributed by atoms with Gasteiger partial charge in [0.15, 0.2) is 5.82 Å². The van der Waals surface area contributed by atoms with E-state index in [0.717, 1.165) is 29.7 Å². The summed E-state index contributed by atoms with van der Waals surface area (Å²) in [4.78, 5) is 26.9. The molecule has 1 aliphatic heterocycles. The van der Waals surface area contributed by atoms with E-state index in [1.807, 2.05) is 43.9 Å². The lowest BCUT2D eigenvalue weighted by Crippen LogP contribution is -2.30. The van der Waals surface area contributed by atoms with Gasteiger partial charge >= 0.3 is 0 Å². The van der Waals surface area contributed by atoms with Crippen LogP contribution in [0.4, 0.5) is 0 Å². The Hall–Kier alpha value is -2.70. The summed E-state index contributed by atoms with van der Waals surface area (Å²) in [5.41, 5.74) is 2.39. The summed E-state index contributed by atoms with van der Waals surface area (Å²) in [7, 11) is 0. The van der Waals surface area contributed by atoms with Gasteiger partial charge in [0.25, 0.3) is 5.91 Å². The number of aromatic amines is 1. The van der Waals surface area contributed by atoms with E-state index < -0.39 is 0 Å². The average molecular weight is 339 g/mol. The minimum absolute atomic E-state index is 0.0130. The van der Waals surface area contributed by atoms with Gasteiger partial charge in [-0.15, -0.1) is 0 Å². The first-order valence-corrected chi connectivity index (χ1v) is 8.64. The molecular formula is C18H21N5O2. The van der Waals surface area contributed by atoms with Crippen molar-refractivity contribution in [2.75, 3.05) is 6.54 Å². The molecule has 130 valence electrons. The predicted molar refractivity (Wildman–Crippen MR) is 92.2 cm³/mol. The van der Waals surface area contributed by atoms with Gasteiger partial charge in [-0.1, -0.05) is 19.0 Å². The summed E-state index contributed by atoms with van der Waals surface area (Å²) in [6, 6.07) is 5.42. The molecule has 1 N–H and O–H groups in total. The molecule has 0 aliphatic carbocycles. The molecule has 4 rings (SSSR count). The first kappa shape index (κ1) is 15.8. The fourth-order valence-electron chi connectivity index (χ4n) is 3.32. The van der Waals surface area contributed by atoms with Gasteiger partial charge in [-0.25, -0.2) is 4.98 Å². The largest absolute Gasteiger partial charge is 0.342 e. The number of fused-ring (bicyclic) bond motifs is 1. The molecule has 1 amide bonds. The van der Waals surface area contributed by atoms with Crippen molar-refractivity contribution in [2.24, 2.45) is 0 Å². The number of hydrogen-bond donors (Lipinski definition) is 1. The zero-order valence-corrected chi connectivity index (χ0v) is 14.6. The fraction of sp³-hybridized carbons (Fsp3) is 0.444. The van der Waals surface area contributed by atoms with E-state index in [1.54, 1.807) is 0 Å². The number of imidazole rings is 1. The number of aryl methyl sites for hydroxylation is 1. The molecule has 3 heterocycles. The second-order valence-corrected chi connectivity index (χ2v) is 6.86. The summed E-state index contributed by atoms with van der Waals surface area (Å²) in [6.07, 6.45) is 1.78. The molecular weight excluding hydrogens is 318 g/mol. The SMILES string of the molecule is Cc1nc2ccc(C(=O)N3CCCC3c3nc(C(C)C)no3)cc2[nH]1. The standard InChI is InChI=1S/C18H21N5O2/c1-10(2)16-21-17(25-22-16)15-5-4-8-23(15)18(24)12-6-7-13-14(9-12)20-11(3)19-13/h6-7,9-10,15H,4-5,8H2,1-3H3,(H,19,20). The van der Waals surface area contributed by atoms with Crippen molar-refractivity contribution in [3.63, 3.8) is 0 Å². The van der Waals surface area contributed by atoms with Gasteiger partial charge < -0.3 is 14.4 Å². The maximum Gasteiger partial charge on any atom is 0.254 e. The number of hydrogen-bond acceptors (Lipinski definition) is 5. The Labute approximate surface area is 145 Å². The topological polar surface area (TPSA) is 87.9 Å². The summed E-state index contributed by atoms with van der Waals surface area (Å²) in [5.74, 6) is 2.25. The quantitative estimate of drug-likeness (QED) is 0.790. The van der Waals surface area contributed by atoms with E-state index in [9.17, 15) is 4.79 Å². The van der Waals surface area contributed by atoms with Gasteiger partial charge in [0.2, 0.25) is 5.89 Å². The molecule has 0 bridgehead atoms. The number of aromatic nitrogens is 4. The molecule has 0 spiro atoms. The van der Waals surface area contributed by atoms with Crippen LogP contribution in [0.5, 0.6) is 0 Å². The molecule has 1 aliphatic rings. The third kappa shape index (κ3) is 2.79. The van der Waals surface area contributed by atoms with Crippen LogP contribution in [0, 0.1) is 6.92 Å². The van der Waals surface area contributed by atoms with E-state index in [2.05, 4.69) is 20.1 Å². The normalized spacial score (nSPS) is 17.8. The van der Waals surface area contributed by atoms with Gasteiger partial charge in [-0.3, -0.25) is 4.79 Å². The fourth-order valence-corrected chi connectivity index (χ4v) is 3.32. The van der Waals surface area contributed by atoms with Crippen molar-refractivity contribution in [2.45, 2.75) is 45.6 Å². The highest BCUT2D eigenvalue weighted by Gasteiger charge is 2.34. The van der Waals surface area contributed by atoms with Crippen LogP contribution in [-0.2, 0) is 0 Å². The van der Waals surface area contributed by atoms with Gasteiger partial charge in [0.1, 0.15) is 11.9 Å². The third-order valence-electron chi connectivity index (χ3n) is 4.62. The number of carbonyl (C=O) groups is 1. The lowest BCUT2D eigenvalue weighted by Gasteiger charge is -2.21. The summed E-state index contributed by atoms with van der Waals surface area (Å²) in [5, 5.41) is 4.03. The zero-order valence-electron chi connectivity index (χ0n) is 14.6. The van der Waals surface area contributed by atoms with Gasteiger partial charge in [0.05, 0.1) is 11.0 Å². The minimum atomic E-state index is -0.147. The van der Waals surface area contributed by atoms with Crippen molar-refractivity contribution < 1.29 is 9.32 Å². The molecule has 1 atom stereocenters. The van der Waals surface area contributed by atoms with Crippen LogP contribution >= 0.6 is 0 Å². The number of rotatable bonds is 3. The smallest absolute Gasteiger partial charge is 0.254 e. The van der Waals surface area contributed by atoms with Crippen molar-refractivity contribution >= 4 is 16.9 Å². The molecule has 7 heteroatoms. The van der Waals surface area contributed by atoms with Gasteiger partial charge in [-0.05, 0) is 38.0 Å². The molecule has 1 aromatic carbocycles. The number of nitrogens with one attached hydrogen (secondary N) is 1. The number of amides is 1. The highest BCUT2D eigenvalue weighted by atomic mass is 16.5. The number of likely N-dealkylation sites (tertiary alicyclic amines) is 1. The highest BCUT2D eigenvalue weighted by Crippen LogP contribution is 2.33. The molecule has 0 radical (unpaired) electrons. The Morgan fingerprint density at radius 1 is 1.36 bits per heavy atom. The number of H-pyrrole nitrogens is 1. The molecule has 25 heavy (non-hydrogen) atoms. The summed E-state index contributed by atoms with van der Waals surface area (Å²) >= 11 is 0. The first-order chi connectivity index (χ1) is 12.0. The Bertz CT molecular complexity index is 927. The van der Waals surface area contributed by atoms with Crippen LogP contribution in [0.25, 0.3) is 11.0 Å². The molecule has 0 saturated carbocycles. The molecule has 2 aromatic heterocycles. The monoisotopic (exact) mass is 339 g/mol. The lowest BCUT2D eigenvalue weighted by atomic mass is 10.1. The Balaban J connectivity index is 1.62. The van der Waals surface area contributed by atoms with E-state index in [1.165, 1.54) is 0 Å². The molecule has 3 aromatic rings. The van der Waals surface area contributed by atoms with E-state index in [0.29, 0.717) is 23.8 Å². The Kier molecular flexibility index (Phi) is 3.78.